The third-order valence-electron chi connectivity index (χ3n) is 6.08. The molecule has 0 amide bonds. The number of carbonyl (C=O) groups is 1. The summed E-state index contributed by atoms with van der Waals surface area (Å²) in [5.41, 5.74) is 1.90. The number of hydrogen-bond acceptors (Lipinski definition) is 11. The van der Waals surface area contributed by atoms with E-state index in [2.05, 4.69) is 10.1 Å². The molecule has 1 aromatic heterocycles. The Hall–Kier alpha value is -2.80. The normalized spacial score (nSPS) is 27.6. The van der Waals surface area contributed by atoms with Gasteiger partial charge in [0.25, 0.3) is 0 Å². The van der Waals surface area contributed by atoms with Gasteiger partial charge in [-0.05, 0) is 52.8 Å². The molecule has 1 saturated heterocycles. The van der Waals surface area contributed by atoms with Gasteiger partial charge >= 0.3 is 19.4 Å². The van der Waals surface area contributed by atoms with Crippen LogP contribution in [-0.2, 0) is 28.1 Å². The molecule has 0 aliphatic carbocycles. The van der Waals surface area contributed by atoms with Crippen molar-refractivity contribution in [1.82, 2.24) is 14.6 Å². The van der Waals surface area contributed by atoms with Crippen LogP contribution in [0.3, 0.4) is 0 Å². The van der Waals surface area contributed by atoms with Crippen molar-refractivity contribution in [3.8, 4) is 5.75 Å². The Morgan fingerprint density at radius 2 is 1.92 bits per heavy atom. The van der Waals surface area contributed by atoms with Gasteiger partial charge in [-0.25, -0.2) is 9.36 Å². The van der Waals surface area contributed by atoms with Gasteiger partial charge in [0.1, 0.15) is 34.9 Å². The summed E-state index contributed by atoms with van der Waals surface area (Å²) < 4.78 is 43.3. The molecule has 13 nitrogen and oxygen atoms in total. The monoisotopic (exact) mass is 554 g/mol. The number of aromatic nitrogens is 2. The summed E-state index contributed by atoms with van der Waals surface area (Å²) in [6.45, 7) is 7.41. The number of ether oxygens (including phenoxy) is 3. The van der Waals surface area contributed by atoms with Gasteiger partial charge in [-0.1, -0.05) is 18.2 Å². The number of nitrogens with zero attached hydrogens (tertiary/aromatic N) is 2. The third-order valence-corrected chi connectivity index (χ3v) is 7.71. The molecule has 2 aromatic rings. The topological polar surface area (TPSA) is 173 Å². The summed E-state index contributed by atoms with van der Waals surface area (Å²) >= 11 is 0. The minimum absolute atomic E-state index is 0.0187. The van der Waals surface area contributed by atoms with Gasteiger partial charge in [0.2, 0.25) is 0 Å². The van der Waals surface area contributed by atoms with Crippen molar-refractivity contribution >= 4 is 19.5 Å². The maximum Gasteiger partial charge on any atom is 0.459 e. The summed E-state index contributed by atoms with van der Waals surface area (Å²) in [6.07, 6.45) is -1.53. The molecule has 1 aliphatic heterocycles. The highest BCUT2D eigenvalue weighted by atomic mass is 31.2. The Kier molecular flexibility index (Phi) is 9.02. The summed E-state index contributed by atoms with van der Waals surface area (Å²) in [4.78, 5) is 28.6. The van der Waals surface area contributed by atoms with Gasteiger partial charge in [0.05, 0.1) is 12.7 Å². The lowest BCUT2D eigenvalue weighted by Gasteiger charge is -2.33. The lowest BCUT2D eigenvalue weighted by atomic mass is 9.89. The molecule has 4 N–H and O–H groups in total. The van der Waals surface area contributed by atoms with E-state index >= 15 is 0 Å². The summed E-state index contributed by atoms with van der Waals surface area (Å²) in [6, 6.07) is 8.57. The average Bonchev–Trinajstić information content (AvgIpc) is 3.05. The number of benzene rings is 1. The van der Waals surface area contributed by atoms with Gasteiger partial charge < -0.3 is 29.6 Å². The third kappa shape index (κ3) is 6.42. The van der Waals surface area contributed by atoms with Gasteiger partial charge in [-0.3, -0.25) is 13.9 Å². The number of para-hydroxylation sites is 1. The summed E-state index contributed by atoms with van der Waals surface area (Å²) in [5, 5.41) is 13.9. The van der Waals surface area contributed by atoms with E-state index < -0.39 is 61.7 Å². The smallest absolute Gasteiger partial charge is 0.459 e. The standard InChI is InChI=1S/C24H35N4O9P/c1-15(2)35-19(29)16(3)27-38(32,37-17-10-8-7-9-11-17)34-14-23(4)20(30)24(5,33-6)21(36-23)28-13-12-18(25)26-22(28)31/h7-13,15-16,20-21,30H,14H2,1-6H3,(H,27,32)(H2,25,26,31)/t16-,20+,21+,23+,24+,38?/m0/s1. The second kappa shape index (κ2) is 11.5. The summed E-state index contributed by atoms with van der Waals surface area (Å²) in [7, 11) is -2.90. The van der Waals surface area contributed by atoms with Crippen LogP contribution in [0.2, 0.25) is 0 Å². The highest BCUT2D eigenvalue weighted by molar-refractivity contribution is 7.52. The van der Waals surface area contributed by atoms with Crippen LogP contribution in [0.25, 0.3) is 0 Å². The zero-order chi connectivity index (χ0) is 28.3. The molecule has 6 atom stereocenters. The molecule has 3 rings (SSSR count). The number of carbonyl (C=O) groups excluding carboxylic acids is 1. The Bertz CT molecular complexity index is 1230. The fourth-order valence-electron chi connectivity index (χ4n) is 3.99. The van der Waals surface area contributed by atoms with Crippen molar-refractivity contribution in [2.75, 3.05) is 19.5 Å². The Morgan fingerprint density at radius 1 is 1.26 bits per heavy atom. The zero-order valence-electron chi connectivity index (χ0n) is 22.2. The molecule has 0 radical (unpaired) electrons. The van der Waals surface area contributed by atoms with Crippen LogP contribution in [0, 0.1) is 0 Å². The van der Waals surface area contributed by atoms with E-state index in [1.54, 1.807) is 51.1 Å². The largest absolute Gasteiger partial charge is 0.462 e. The van der Waals surface area contributed by atoms with Gasteiger partial charge in [0.15, 0.2) is 6.23 Å². The average molecular weight is 555 g/mol. The fraction of sp³-hybridized carbons (Fsp3) is 0.542. The lowest BCUT2D eigenvalue weighted by Crippen LogP contribution is -2.51. The molecule has 1 unspecified atom stereocenters. The first-order chi connectivity index (χ1) is 17.7. The van der Waals surface area contributed by atoms with E-state index in [0.717, 1.165) is 4.57 Å². The van der Waals surface area contributed by atoms with Crippen LogP contribution in [0.5, 0.6) is 5.75 Å². The van der Waals surface area contributed by atoms with Crippen LogP contribution in [0.4, 0.5) is 5.82 Å². The van der Waals surface area contributed by atoms with Crippen LogP contribution < -0.4 is 21.0 Å². The highest BCUT2D eigenvalue weighted by Crippen LogP contribution is 2.50. The molecule has 2 heterocycles. The lowest BCUT2D eigenvalue weighted by molar-refractivity contribution is -0.149. The molecule has 14 heteroatoms. The van der Waals surface area contributed by atoms with Crippen molar-refractivity contribution in [3.63, 3.8) is 0 Å². The number of aliphatic hydroxyl groups excluding tert-OH is 1. The number of nitrogens with one attached hydrogen (secondary N) is 1. The van der Waals surface area contributed by atoms with Gasteiger partial charge in [-0.2, -0.15) is 10.1 Å². The predicted octanol–water partition coefficient (Wildman–Crippen LogP) is 2.01. The van der Waals surface area contributed by atoms with Crippen LogP contribution in [0.1, 0.15) is 40.8 Å². The number of nitrogens with two attached hydrogens (primary N) is 1. The van der Waals surface area contributed by atoms with Crippen molar-refractivity contribution in [2.45, 2.75) is 70.3 Å². The fourth-order valence-corrected chi connectivity index (χ4v) is 5.57. The van der Waals surface area contributed by atoms with E-state index in [1.807, 2.05) is 0 Å². The van der Waals surface area contributed by atoms with E-state index in [-0.39, 0.29) is 11.6 Å². The molecular weight excluding hydrogens is 519 g/mol. The first-order valence-corrected chi connectivity index (χ1v) is 13.5. The SMILES string of the molecule is CO[C@@]1(C)[C@H](n2ccc(N)nc2=O)O[C@](C)(COP(=O)(N[C@@H](C)C(=O)OC(C)C)Oc2ccccc2)[C@H]1O. The van der Waals surface area contributed by atoms with E-state index in [0.29, 0.717) is 0 Å². The van der Waals surface area contributed by atoms with Crippen molar-refractivity contribution in [2.24, 2.45) is 0 Å². The highest BCUT2D eigenvalue weighted by Gasteiger charge is 2.61. The predicted molar refractivity (Wildman–Crippen MR) is 137 cm³/mol. The molecule has 1 aromatic carbocycles. The van der Waals surface area contributed by atoms with Crippen LogP contribution >= 0.6 is 7.75 Å². The number of aliphatic hydroxyl groups is 1. The second-order valence-electron chi connectivity index (χ2n) is 9.63. The first-order valence-electron chi connectivity index (χ1n) is 12.0. The number of esters is 1. The number of rotatable bonds is 11. The van der Waals surface area contributed by atoms with Crippen LogP contribution in [-0.4, -0.2) is 63.8 Å². The maximum absolute atomic E-state index is 13.9. The molecule has 0 spiro atoms. The molecule has 0 bridgehead atoms. The Balaban J connectivity index is 1.88. The zero-order valence-corrected chi connectivity index (χ0v) is 23.1. The minimum atomic E-state index is -4.25. The number of hydrogen-bond donors (Lipinski definition) is 3. The minimum Gasteiger partial charge on any atom is -0.462 e. The maximum atomic E-state index is 13.9. The molecule has 1 aliphatic rings. The Labute approximate surface area is 220 Å². The molecule has 0 saturated carbocycles. The van der Waals surface area contributed by atoms with Gasteiger partial charge in [0, 0.05) is 13.3 Å². The quantitative estimate of drug-likeness (QED) is 0.273. The van der Waals surface area contributed by atoms with Crippen molar-refractivity contribution in [1.29, 1.82) is 0 Å². The number of methoxy groups -OCH3 is 1. The molecule has 38 heavy (non-hydrogen) atoms. The molecule has 1 fully saturated rings. The van der Waals surface area contributed by atoms with Crippen molar-refractivity contribution in [3.05, 3.63) is 53.1 Å². The number of nitrogen functional groups attached to an aromatic ring is 1. The second-order valence-corrected chi connectivity index (χ2v) is 11.3. The van der Waals surface area contributed by atoms with E-state index in [4.69, 9.17) is 29.0 Å². The molecular formula is C24H35N4O9P. The van der Waals surface area contributed by atoms with E-state index in [1.165, 1.54) is 33.2 Å². The molecule has 210 valence electrons. The van der Waals surface area contributed by atoms with Gasteiger partial charge in [-0.15, -0.1) is 0 Å². The first kappa shape index (κ1) is 29.8. The number of anilines is 1. The van der Waals surface area contributed by atoms with Crippen molar-refractivity contribution < 1.29 is 37.7 Å². The van der Waals surface area contributed by atoms with Crippen LogP contribution in [0.15, 0.2) is 47.4 Å². The Morgan fingerprint density at radius 3 is 2.50 bits per heavy atom. The van der Waals surface area contributed by atoms with E-state index in [9.17, 15) is 19.3 Å². The summed E-state index contributed by atoms with van der Waals surface area (Å²) in [5.74, 6) is -0.429.